The molecule has 5 nitrogen and oxygen atoms in total. The second-order valence-corrected chi connectivity index (χ2v) is 6.56. The lowest BCUT2D eigenvalue weighted by Gasteiger charge is -2.18. The summed E-state index contributed by atoms with van der Waals surface area (Å²) in [6, 6.07) is -1.76. The van der Waals surface area contributed by atoms with Gasteiger partial charge in [-0.2, -0.15) is 13.2 Å². The molecule has 2 N–H and O–H groups in total. The van der Waals surface area contributed by atoms with Crippen molar-refractivity contribution in [2.75, 3.05) is 5.32 Å². The van der Waals surface area contributed by atoms with Crippen LogP contribution >= 0.6 is 22.7 Å². The summed E-state index contributed by atoms with van der Waals surface area (Å²) in [5, 5.41) is 8.27. The second kappa shape index (κ2) is 5.84. The molecule has 1 aliphatic carbocycles. The Hall–Kier alpha value is -1.68. The Morgan fingerprint density at radius 3 is 2.73 bits per heavy atom. The van der Waals surface area contributed by atoms with E-state index in [0.29, 0.717) is 11.2 Å². The number of alkyl halides is 3. The van der Waals surface area contributed by atoms with Gasteiger partial charge in [-0.1, -0.05) is 0 Å². The molecule has 22 heavy (non-hydrogen) atoms. The van der Waals surface area contributed by atoms with Crippen LogP contribution in [0.25, 0.3) is 0 Å². The lowest BCUT2D eigenvalue weighted by atomic mass is 10.3. The van der Waals surface area contributed by atoms with Crippen LogP contribution in [0.4, 0.5) is 18.3 Å². The monoisotopic (exact) mass is 348 g/mol. The number of hydrogen-bond donors (Lipinski definition) is 2. The first-order valence-electron chi connectivity index (χ1n) is 6.42. The van der Waals surface area contributed by atoms with Crippen molar-refractivity contribution in [1.82, 2.24) is 15.3 Å². The molecule has 3 rings (SSSR count). The summed E-state index contributed by atoms with van der Waals surface area (Å²) in [5.74, 6) is -0.863. The van der Waals surface area contributed by atoms with Crippen LogP contribution in [-0.4, -0.2) is 28.1 Å². The molecule has 0 saturated heterocycles. The van der Waals surface area contributed by atoms with E-state index < -0.39 is 18.1 Å². The lowest BCUT2D eigenvalue weighted by Crippen LogP contribution is -2.38. The molecular weight excluding hydrogens is 337 g/mol. The Kier molecular flexibility index (Phi) is 4.04. The third kappa shape index (κ3) is 3.55. The van der Waals surface area contributed by atoms with E-state index in [1.54, 1.807) is 0 Å². The molecule has 0 aliphatic heterocycles. The predicted octanol–water partition coefficient (Wildman–Crippen LogP) is 3.21. The topological polar surface area (TPSA) is 66.9 Å². The van der Waals surface area contributed by atoms with Crippen LogP contribution in [-0.2, 0) is 0 Å². The van der Waals surface area contributed by atoms with Crippen LogP contribution in [0.5, 0.6) is 0 Å². The molecule has 1 saturated carbocycles. The van der Waals surface area contributed by atoms with Gasteiger partial charge in [-0.15, -0.1) is 22.7 Å². The minimum Gasteiger partial charge on any atom is -0.359 e. The molecule has 1 atom stereocenters. The number of amides is 1. The molecule has 118 valence electrons. The molecule has 0 radical (unpaired) electrons. The Labute approximate surface area is 131 Å². The lowest BCUT2D eigenvalue weighted by molar-refractivity contribution is -0.155. The molecule has 0 spiro atoms. The summed E-state index contributed by atoms with van der Waals surface area (Å²) in [5.41, 5.74) is -0.0287. The number of thiazole rings is 2. The van der Waals surface area contributed by atoms with Gasteiger partial charge in [0, 0.05) is 23.0 Å². The number of nitrogens with one attached hydrogen (secondary N) is 2. The van der Waals surface area contributed by atoms with Crippen LogP contribution in [0, 0.1) is 0 Å². The molecule has 0 aromatic carbocycles. The van der Waals surface area contributed by atoms with E-state index in [1.165, 1.54) is 28.3 Å². The smallest absolute Gasteiger partial charge is 0.359 e. The predicted molar refractivity (Wildman–Crippen MR) is 77.1 cm³/mol. The molecule has 10 heteroatoms. The van der Waals surface area contributed by atoms with Gasteiger partial charge in [0.15, 0.2) is 11.2 Å². The molecule has 1 aliphatic rings. The number of anilines is 1. The molecule has 1 unspecified atom stereocenters. The summed E-state index contributed by atoms with van der Waals surface area (Å²) in [6.45, 7) is 0. The first-order chi connectivity index (χ1) is 10.4. The largest absolute Gasteiger partial charge is 0.415 e. The Morgan fingerprint density at radius 1 is 1.36 bits per heavy atom. The maximum atomic E-state index is 13.1. The third-order valence-electron chi connectivity index (χ3n) is 2.94. The summed E-state index contributed by atoms with van der Waals surface area (Å²) < 4.78 is 39.2. The van der Waals surface area contributed by atoms with Crippen molar-refractivity contribution in [1.29, 1.82) is 0 Å². The zero-order valence-corrected chi connectivity index (χ0v) is 12.7. The van der Waals surface area contributed by atoms with Crippen LogP contribution in [0.2, 0.25) is 0 Å². The number of rotatable bonds is 5. The van der Waals surface area contributed by atoms with E-state index in [0.717, 1.165) is 24.2 Å². The number of carbonyl (C=O) groups is 1. The molecule has 2 heterocycles. The highest BCUT2D eigenvalue weighted by molar-refractivity contribution is 7.13. The fourth-order valence-corrected chi connectivity index (χ4v) is 3.19. The standard InChI is InChI=1S/C12H11F3N4OS2/c13-12(14,15)8(10-16-3-4-21-10)19-9(20)7-5-22-11(18-7)17-6-1-2-6/h3-6,8H,1-2H2,(H,17,18)(H,19,20). The summed E-state index contributed by atoms with van der Waals surface area (Å²) >= 11 is 2.04. The van der Waals surface area contributed by atoms with E-state index in [1.807, 2.05) is 5.32 Å². The van der Waals surface area contributed by atoms with Crippen LogP contribution < -0.4 is 10.6 Å². The molecule has 1 fully saturated rings. The minimum atomic E-state index is -4.61. The molecule has 2 aromatic heterocycles. The van der Waals surface area contributed by atoms with Crippen molar-refractivity contribution >= 4 is 33.7 Å². The van der Waals surface area contributed by atoms with Gasteiger partial charge in [-0.25, -0.2) is 9.97 Å². The van der Waals surface area contributed by atoms with Crippen molar-refractivity contribution in [3.8, 4) is 0 Å². The maximum Gasteiger partial charge on any atom is 0.415 e. The average molecular weight is 348 g/mol. The number of halogens is 3. The van der Waals surface area contributed by atoms with Crippen molar-refractivity contribution in [3.05, 3.63) is 27.7 Å². The average Bonchev–Trinajstić information content (AvgIpc) is 2.92. The van der Waals surface area contributed by atoms with Crippen molar-refractivity contribution < 1.29 is 18.0 Å². The number of carbonyl (C=O) groups excluding carboxylic acids is 1. The van der Waals surface area contributed by atoms with Gasteiger partial charge >= 0.3 is 6.18 Å². The Morgan fingerprint density at radius 2 is 2.14 bits per heavy atom. The van der Waals surface area contributed by atoms with Crippen molar-refractivity contribution in [3.63, 3.8) is 0 Å². The van der Waals surface area contributed by atoms with E-state index in [9.17, 15) is 18.0 Å². The normalized spacial score (nSPS) is 16.3. The van der Waals surface area contributed by atoms with E-state index in [4.69, 9.17) is 0 Å². The summed E-state index contributed by atoms with van der Waals surface area (Å²) in [4.78, 5) is 19.6. The molecular formula is C12H11F3N4OS2. The van der Waals surface area contributed by atoms with Crippen molar-refractivity contribution in [2.45, 2.75) is 31.1 Å². The highest BCUT2D eigenvalue weighted by Crippen LogP contribution is 2.34. The number of nitrogens with zero attached hydrogens (tertiary/aromatic N) is 2. The molecule has 0 bridgehead atoms. The van der Waals surface area contributed by atoms with Gasteiger partial charge in [0.25, 0.3) is 5.91 Å². The first kappa shape index (κ1) is 15.2. The fraction of sp³-hybridized carbons (Fsp3) is 0.417. The zero-order valence-electron chi connectivity index (χ0n) is 11.1. The summed E-state index contributed by atoms with van der Waals surface area (Å²) in [7, 11) is 0. The maximum absolute atomic E-state index is 13.1. The highest BCUT2D eigenvalue weighted by Gasteiger charge is 2.44. The Balaban J connectivity index is 1.71. The fourth-order valence-electron chi connectivity index (χ4n) is 1.71. The quantitative estimate of drug-likeness (QED) is 0.871. The van der Waals surface area contributed by atoms with Gasteiger partial charge in [0.05, 0.1) is 0 Å². The minimum absolute atomic E-state index is 0.0287. The number of aromatic nitrogens is 2. The van der Waals surface area contributed by atoms with Gasteiger partial charge in [0.1, 0.15) is 10.7 Å². The van der Waals surface area contributed by atoms with Crippen LogP contribution in [0.1, 0.15) is 34.4 Å². The number of hydrogen-bond acceptors (Lipinski definition) is 6. The first-order valence-corrected chi connectivity index (χ1v) is 8.18. The van der Waals surface area contributed by atoms with Gasteiger partial charge in [-0.05, 0) is 12.8 Å². The van der Waals surface area contributed by atoms with Crippen LogP contribution in [0.15, 0.2) is 17.0 Å². The molecule has 1 amide bonds. The molecule has 2 aromatic rings. The second-order valence-electron chi connectivity index (χ2n) is 4.77. The van der Waals surface area contributed by atoms with Gasteiger partial charge in [0.2, 0.25) is 0 Å². The van der Waals surface area contributed by atoms with E-state index in [-0.39, 0.29) is 10.7 Å². The Bertz CT molecular complexity index is 652. The third-order valence-corrected chi connectivity index (χ3v) is 4.56. The zero-order chi connectivity index (χ0) is 15.7. The summed E-state index contributed by atoms with van der Waals surface area (Å²) in [6.07, 6.45) is -1.26. The van der Waals surface area contributed by atoms with Crippen molar-refractivity contribution in [2.24, 2.45) is 0 Å². The van der Waals surface area contributed by atoms with Crippen LogP contribution in [0.3, 0.4) is 0 Å². The highest BCUT2D eigenvalue weighted by atomic mass is 32.1. The van der Waals surface area contributed by atoms with Gasteiger partial charge < -0.3 is 10.6 Å². The van der Waals surface area contributed by atoms with E-state index >= 15 is 0 Å². The van der Waals surface area contributed by atoms with Gasteiger partial charge in [-0.3, -0.25) is 4.79 Å². The SMILES string of the molecule is O=C(NC(c1nccs1)C(F)(F)F)c1csc(NC2CC2)n1. The van der Waals surface area contributed by atoms with E-state index in [2.05, 4.69) is 15.3 Å².